The maximum absolute atomic E-state index is 12.6. The van der Waals surface area contributed by atoms with Gasteiger partial charge < -0.3 is 20.4 Å². The van der Waals surface area contributed by atoms with Crippen molar-refractivity contribution in [2.75, 3.05) is 19.6 Å². The second-order valence-electron chi connectivity index (χ2n) is 7.32. The van der Waals surface area contributed by atoms with Gasteiger partial charge in [0, 0.05) is 18.0 Å². The lowest BCUT2D eigenvalue weighted by Crippen LogP contribution is -2.40. The first-order chi connectivity index (χ1) is 13.4. The van der Waals surface area contributed by atoms with Crippen molar-refractivity contribution in [2.45, 2.75) is 25.4 Å². The quantitative estimate of drug-likeness (QED) is 0.657. The highest BCUT2D eigenvalue weighted by atomic mass is 35.5. The van der Waals surface area contributed by atoms with Crippen molar-refractivity contribution in [3.8, 4) is 0 Å². The van der Waals surface area contributed by atoms with Gasteiger partial charge in [0.1, 0.15) is 11.7 Å². The number of benzene rings is 1. The summed E-state index contributed by atoms with van der Waals surface area (Å²) in [5.74, 6) is -0.722. The van der Waals surface area contributed by atoms with E-state index in [-0.39, 0.29) is 34.6 Å². The molecule has 2 fully saturated rings. The van der Waals surface area contributed by atoms with Crippen molar-refractivity contribution in [1.29, 1.82) is 0 Å². The molecule has 4 rings (SSSR count). The molecule has 1 aromatic carbocycles. The largest absolute Gasteiger partial charge is 0.460 e. The summed E-state index contributed by atoms with van der Waals surface area (Å²) in [4.78, 5) is 40.4. The number of carbonyl (C=O) groups excluding carboxylic acids is 2. The molecule has 28 heavy (non-hydrogen) atoms. The zero-order valence-electron chi connectivity index (χ0n) is 14.9. The molecule has 1 unspecified atom stereocenters. The number of H-pyrrole nitrogens is 1. The molecule has 0 saturated carbocycles. The molecular weight excluding hydrogens is 405 g/mol. The molecule has 1 amide bonds. The summed E-state index contributed by atoms with van der Waals surface area (Å²) in [6, 6.07) is 2.98. The Hall–Kier alpha value is -2.09. The lowest BCUT2D eigenvalue weighted by molar-refractivity contribution is -0.149. The van der Waals surface area contributed by atoms with Crippen LogP contribution in [0, 0.1) is 5.41 Å². The molecule has 2 saturated heterocycles. The van der Waals surface area contributed by atoms with Crippen LogP contribution in [-0.2, 0) is 9.53 Å². The number of nitrogens with one attached hydrogen (secondary N) is 3. The van der Waals surface area contributed by atoms with Gasteiger partial charge in [-0.25, -0.2) is 0 Å². The molecule has 2 aromatic rings. The molecule has 3 heterocycles. The van der Waals surface area contributed by atoms with E-state index in [1.54, 1.807) is 6.07 Å². The first kappa shape index (κ1) is 19.2. The fourth-order valence-electron chi connectivity index (χ4n) is 3.95. The maximum Gasteiger partial charge on any atom is 0.312 e. The van der Waals surface area contributed by atoms with Gasteiger partial charge in [-0.1, -0.05) is 23.2 Å². The molecule has 1 atom stereocenters. The Labute approximate surface area is 170 Å². The lowest BCUT2D eigenvalue weighted by atomic mass is 9.76. The van der Waals surface area contributed by atoms with Gasteiger partial charge in [0.05, 0.1) is 27.5 Å². The van der Waals surface area contributed by atoms with E-state index in [0.717, 1.165) is 25.9 Å². The van der Waals surface area contributed by atoms with Crippen molar-refractivity contribution in [2.24, 2.45) is 5.41 Å². The normalized spacial score (nSPS) is 21.1. The van der Waals surface area contributed by atoms with E-state index >= 15 is 0 Å². The number of halogens is 2. The molecule has 2 aliphatic heterocycles. The highest BCUT2D eigenvalue weighted by Crippen LogP contribution is 2.41. The maximum atomic E-state index is 12.6. The second kappa shape index (κ2) is 7.39. The zero-order chi connectivity index (χ0) is 19.9. The predicted octanol–water partition coefficient (Wildman–Crippen LogP) is 2.25. The predicted molar refractivity (Wildman–Crippen MR) is 106 cm³/mol. The number of aromatic nitrogens is 1. The van der Waals surface area contributed by atoms with Gasteiger partial charge in [-0.15, -0.1) is 0 Å². The van der Waals surface area contributed by atoms with Crippen LogP contribution >= 0.6 is 23.2 Å². The Bertz CT molecular complexity index is 1010. The molecule has 9 heteroatoms. The number of fused-ring (bicyclic) bond motifs is 1. The molecule has 0 bridgehead atoms. The first-order valence-corrected chi connectivity index (χ1v) is 9.86. The Balaban J connectivity index is 1.47. The second-order valence-corrected chi connectivity index (χ2v) is 8.13. The van der Waals surface area contributed by atoms with E-state index in [4.69, 9.17) is 27.9 Å². The van der Waals surface area contributed by atoms with E-state index in [9.17, 15) is 14.4 Å². The smallest absolute Gasteiger partial charge is 0.312 e. The van der Waals surface area contributed by atoms with Crippen LogP contribution in [0.1, 0.15) is 29.6 Å². The third-order valence-corrected chi connectivity index (χ3v) is 6.26. The molecule has 1 aromatic heterocycles. The summed E-state index contributed by atoms with van der Waals surface area (Å²) in [5.41, 5.74) is -0.430. The van der Waals surface area contributed by atoms with Crippen molar-refractivity contribution in [1.82, 2.24) is 15.6 Å². The van der Waals surface area contributed by atoms with E-state index < -0.39 is 16.8 Å². The molecule has 148 valence electrons. The van der Waals surface area contributed by atoms with Crippen LogP contribution < -0.4 is 16.1 Å². The third-order valence-electron chi connectivity index (χ3n) is 5.54. The van der Waals surface area contributed by atoms with Gasteiger partial charge in [-0.05, 0) is 38.1 Å². The van der Waals surface area contributed by atoms with Crippen LogP contribution in [0.4, 0.5) is 0 Å². The minimum absolute atomic E-state index is 0.0354. The molecule has 7 nitrogen and oxygen atoms in total. The van der Waals surface area contributed by atoms with Gasteiger partial charge in [0.25, 0.3) is 5.91 Å². The van der Waals surface area contributed by atoms with Gasteiger partial charge in [-0.2, -0.15) is 0 Å². The minimum atomic E-state index is -0.531. The van der Waals surface area contributed by atoms with Gasteiger partial charge in [0.2, 0.25) is 5.43 Å². The number of piperidine rings is 1. The molecule has 3 N–H and O–H groups in total. The van der Waals surface area contributed by atoms with Crippen molar-refractivity contribution < 1.29 is 14.3 Å². The highest BCUT2D eigenvalue weighted by Gasteiger charge is 2.49. The lowest BCUT2D eigenvalue weighted by Gasteiger charge is -2.29. The number of ether oxygens (including phenoxy) is 1. The summed E-state index contributed by atoms with van der Waals surface area (Å²) in [7, 11) is 0. The van der Waals surface area contributed by atoms with Crippen LogP contribution in [0.2, 0.25) is 10.0 Å². The number of aromatic amines is 1. The van der Waals surface area contributed by atoms with Crippen molar-refractivity contribution in [3.05, 3.63) is 44.2 Å². The molecule has 0 radical (unpaired) electrons. The number of pyridine rings is 1. The van der Waals surface area contributed by atoms with Crippen LogP contribution in [0.25, 0.3) is 10.9 Å². The van der Waals surface area contributed by atoms with Gasteiger partial charge in [-0.3, -0.25) is 14.4 Å². The average Bonchev–Trinajstić information content (AvgIpc) is 2.97. The van der Waals surface area contributed by atoms with Gasteiger partial charge in [0.15, 0.2) is 0 Å². The topological polar surface area (TPSA) is 100 Å². The Morgan fingerprint density at radius 3 is 2.68 bits per heavy atom. The standard InChI is InChI=1S/C19H19Cl2N3O4/c20-13-5-11-15(6-14(13)21)23-9-12(16(11)25)17(26)24-8-10-7-19(18(27)28-10)1-3-22-4-2-19/h5-6,9-10,22H,1-4,7-8H2,(H,23,25)(H,24,26). The number of rotatable bonds is 3. The van der Waals surface area contributed by atoms with E-state index in [2.05, 4.69) is 15.6 Å². The summed E-state index contributed by atoms with van der Waals surface area (Å²) in [6.45, 7) is 1.74. The van der Waals surface area contributed by atoms with E-state index in [1.165, 1.54) is 12.3 Å². The van der Waals surface area contributed by atoms with Crippen LogP contribution in [0.3, 0.4) is 0 Å². The summed E-state index contributed by atoms with van der Waals surface area (Å²) >= 11 is 11.9. The fraction of sp³-hybridized carbons (Fsp3) is 0.421. The number of cyclic esters (lactones) is 1. The Morgan fingerprint density at radius 2 is 1.93 bits per heavy atom. The SMILES string of the molecule is O=C(NCC1CC2(CCNCC2)C(=O)O1)c1c[nH]c2cc(Cl)c(Cl)cc2c1=O. The number of amides is 1. The zero-order valence-corrected chi connectivity index (χ0v) is 16.5. The first-order valence-electron chi connectivity index (χ1n) is 9.10. The molecule has 2 aliphatic rings. The number of hydrogen-bond acceptors (Lipinski definition) is 5. The van der Waals surface area contributed by atoms with Crippen LogP contribution in [0.5, 0.6) is 0 Å². The summed E-state index contributed by atoms with van der Waals surface area (Å²) in [6.07, 6.45) is 3.02. The Kier molecular flexibility index (Phi) is 5.07. The number of carbonyl (C=O) groups is 2. The van der Waals surface area contributed by atoms with Crippen molar-refractivity contribution in [3.63, 3.8) is 0 Å². The van der Waals surface area contributed by atoms with E-state index in [0.29, 0.717) is 17.0 Å². The van der Waals surface area contributed by atoms with Crippen molar-refractivity contribution >= 4 is 46.0 Å². The molecule has 0 aliphatic carbocycles. The summed E-state index contributed by atoms with van der Waals surface area (Å²) < 4.78 is 5.47. The van der Waals surface area contributed by atoms with Crippen LogP contribution in [-0.4, -0.2) is 42.6 Å². The third kappa shape index (κ3) is 3.38. The fourth-order valence-corrected chi connectivity index (χ4v) is 4.28. The summed E-state index contributed by atoms with van der Waals surface area (Å²) in [5, 5.41) is 6.78. The Morgan fingerprint density at radius 1 is 1.21 bits per heavy atom. The molecule has 1 spiro atoms. The van der Waals surface area contributed by atoms with Crippen LogP contribution in [0.15, 0.2) is 23.1 Å². The average molecular weight is 424 g/mol. The molecular formula is C19H19Cl2N3O4. The number of esters is 1. The number of hydrogen-bond donors (Lipinski definition) is 3. The van der Waals surface area contributed by atoms with E-state index in [1.807, 2.05) is 0 Å². The monoisotopic (exact) mass is 423 g/mol. The minimum Gasteiger partial charge on any atom is -0.460 e. The highest BCUT2D eigenvalue weighted by molar-refractivity contribution is 6.42. The van der Waals surface area contributed by atoms with Gasteiger partial charge >= 0.3 is 5.97 Å².